The van der Waals surface area contributed by atoms with Gasteiger partial charge in [-0.2, -0.15) is 0 Å². The Bertz CT molecular complexity index is 230. The van der Waals surface area contributed by atoms with Gasteiger partial charge >= 0.3 is 16.0 Å². The van der Waals surface area contributed by atoms with Crippen molar-refractivity contribution in [3.8, 4) is 0 Å². The molecule has 90 valence electrons. The van der Waals surface area contributed by atoms with E-state index < -0.39 is 16.0 Å². The largest absolute Gasteiger partial charge is 0.692 e. The molecule has 7 nitrogen and oxygen atoms in total. The molecule has 0 aromatic heterocycles. The Morgan fingerprint density at radius 1 is 1.00 bits per heavy atom. The van der Waals surface area contributed by atoms with E-state index in [2.05, 4.69) is 0 Å². The van der Waals surface area contributed by atoms with E-state index >= 15 is 0 Å². The van der Waals surface area contributed by atoms with Crippen LogP contribution < -0.4 is 0 Å². The van der Waals surface area contributed by atoms with Gasteiger partial charge in [-0.3, -0.25) is 0 Å². The molecule has 0 unspecified atom stereocenters. The van der Waals surface area contributed by atoms with Crippen LogP contribution in [-0.4, -0.2) is 37.3 Å². The van der Waals surface area contributed by atoms with Crippen molar-refractivity contribution in [3.63, 3.8) is 0 Å². The Morgan fingerprint density at radius 2 is 1.33 bits per heavy atom. The summed E-state index contributed by atoms with van der Waals surface area (Å²) < 4.78 is 20.7. The zero-order chi connectivity index (χ0) is 11.9. The van der Waals surface area contributed by atoms with Gasteiger partial charge < -0.3 is 9.79 Å². The van der Waals surface area contributed by atoms with Crippen LogP contribution in [0.3, 0.4) is 0 Å². The van der Waals surface area contributed by atoms with Crippen LogP contribution in [-0.2, 0) is 9.13 Å². The molecule has 0 radical (unpaired) electrons. The summed E-state index contributed by atoms with van der Waals surface area (Å²) >= 11 is 0. The minimum Gasteiger partial charge on any atom is -0.312 e. The van der Waals surface area contributed by atoms with Crippen LogP contribution >= 0.6 is 16.0 Å². The highest BCUT2D eigenvalue weighted by Gasteiger charge is 2.25. The van der Waals surface area contributed by atoms with Crippen molar-refractivity contribution in [1.82, 2.24) is 4.67 Å². The summed E-state index contributed by atoms with van der Waals surface area (Å²) in [6.07, 6.45) is 4.00. The van der Waals surface area contributed by atoms with Gasteiger partial charge in [0.05, 0.1) is 0 Å². The van der Waals surface area contributed by atoms with Gasteiger partial charge in [-0.15, -0.1) is 9.79 Å². The van der Waals surface area contributed by atoms with Gasteiger partial charge in [0.25, 0.3) is 0 Å². The van der Waals surface area contributed by atoms with Crippen LogP contribution in [0, 0.1) is 0 Å². The molecule has 0 saturated carbocycles. The number of hydrogen-bond acceptors (Lipinski definition) is 2. The topological polar surface area (TPSA) is 118 Å². The molecule has 9 heteroatoms. The fourth-order valence-electron chi connectivity index (χ4n) is 1.31. The maximum Gasteiger partial charge on any atom is 0.692 e. The second kappa shape index (κ2) is 7.41. The molecule has 0 aromatic rings. The minimum atomic E-state index is -3.94. The lowest BCUT2D eigenvalue weighted by Gasteiger charge is -2.19. The van der Waals surface area contributed by atoms with Crippen LogP contribution in [0.25, 0.3) is 0 Å². The molecule has 15 heavy (non-hydrogen) atoms. The second-order valence-corrected chi connectivity index (χ2v) is 5.23. The van der Waals surface area contributed by atoms with Gasteiger partial charge in [0.15, 0.2) is 0 Å². The molecule has 0 atom stereocenters. The fourth-order valence-corrected chi connectivity index (χ4v) is 2.12. The molecule has 1 saturated heterocycles. The molecule has 1 rings (SSSR count). The van der Waals surface area contributed by atoms with Crippen molar-refractivity contribution >= 4 is 16.0 Å². The fraction of sp³-hybridized carbons (Fsp3) is 1.00. The number of nitrogens with zero attached hydrogens (tertiary/aromatic N) is 1. The third-order valence-electron chi connectivity index (χ3n) is 1.95. The first-order chi connectivity index (χ1) is 6.84. The quantitative estimate of drug-likeness (QED) is 0.509. The molecule has 1 aliphatic heterocycles. The third-order valence-corrected chi connectivity index (χ3v) is 3.09. The molecule has 0 amide bonds. The number of rotatable bonds is 1. The van der Waals surface area contributed by atoms with Crippen LogP contribution in [0.2, 0.25) is 0 Å². The van der Waals surface area contributed by atoms with Gasteiger partial charge in [0.1, 0.15) is 0 Å². The molecule has 1 aliphatic rings. The van der Waals surface area contributed by atoms with Gasteiger partial charge in [0, 0.05) is 17.7 Å². The van der Waals surface area contributed by atoms with Crippen molar-refractivity contribution < 1.29 is 28.7 Å². The highest BCUT2D eigenvalue weighted by molar-refractivity contribution is 7.49. The van der Waals surface area contributed by atoms with E-state index in [0.717, 1.165) is 25.7 Å². The molecule has 1 fully saturated rings. The van der Waals surface area contributed by atoms with Crippen molar-refractivity contribution in [3.05, 3.63) is 0 Å². The van der Waals surface area contributed by atoms with E-state index in [1.54, 1.807) is 0 Å². The molecule has 0 spiro atoms. The number of hydrogen-bond donors (Lipinski definition) is 4. The monoisotopic (exact) mass is 260 g/mol. The van der Waals surface area contributed by atoms with Crippen molar-refractivity contribution in [2.24, 2.45) is 0 Å². The Kier molecular flexibility index (Phi) is 7.48. The first-order valence-corrected chi connectivity index (χ1v) is 7.23. The highest BCUT2D eigenvalue weighted by Crippen LogP contribution is 2.40. The molecular formula is C6H16NO6P2+. The summed E-state index contributed by atoms with van der Waals surface area (Å²) in [5, 5.41) is 0. The SMILES string of the molecule is O=P(O)(O)N1CCCCCC1.O=[P+](O)O. The molecule has 4 N–H and O–H groups in total. The van der Waals surface area contributed by atoms with Crippen molar-refractivity contribution in [2.75, 3.05) is 13.1 Å². The summed E-state index contributed by atoms with van der Waals surface area (Å²) in [6.45, 7) is 1.09. The maximum absolute atomic E-state index is 10.8. The lowest BCUT2D eigenvalue weighted by molar-refractivity contribution is 0.273. The lowest BCUT2D eigenvalue weighted by Crippen LogP contribution is -2.20. The predicted molar refractivity (Wildman–Crippen MR) is 54.1 cm³/mol. The summed E-state index contributed by atoms with van der Waals surface area (Å²) in [5.41, 5.74) is 0. The van der Waals surface area contributed by atoms with E-state index in [-0.39, 0.29) is 0 Å². The standard InChI is InChI=1S/C6H14NO3P.HO3P/c8-11(9,10)7-5-3-1-2-4-6-7;1-4(2)3/h1-6H2,(H2,8,9,10);(H-,1,2,3)/p+1. The van der Waals surface area contributed by atoms with E-state index in [9.17, 15) is 4.57 Å². The Balaban J connectivity index is 0.000000423. The molecule has 0 bridgehead atoms. The first-order valence-electron chi connectivity index (χ1n) is 4.50. The average molecular weight is 260 g/mol. The van der Waals surface area contributed by atoms with Crippen molar-refractivity contribution in [1.29, 1.82) is 0 Å². The Labute approximate surface area is 88.9 Å². The van der Waals surface area contributed by atoms with Gasteiger partial charge in [-0.25, -0.2) is 9.24 Å². The molecule has 1 heterocycles. The summed E-state index contributed by atoms with van der Waals surface area (Å²) in [6, 6.07) is 0. The second-order valence-electron chi connectivity index (χ2n) is 3.13. The zero-order valence-corrected chi connectivity index (χ0v) is 9.98. The van der Waals surface area contributed by atoms with Crippen LogP contribution in [0.5, 0.6) is 0 Å². The van der Waals surface area contributed by atoms with Crippen LogP contribution in [0.15, 0.2) is 0 Å². The Hall–Kier alpha value is 0.130. The molecule has 0 aromatic carbocycles. The van der Waals surface area contributed by atoms with Crippen LogP contribution in [0.1, 0.15) is 25.7 Å². The Morgan fingerprint density at radius 3 is 1.60 bits per heavy atom. The van der Waals surface area contributed by atoms with E-state index in [4.69, 9.17) is 24.1 Å². The van der Waals surface area contributed by atoms with Gasteiger partial charge in [0.2, 0.25) is 0 Å². The zero-order valence-electron chi connectivity index (χ0n) is 8.19. The maximum atomic E-state index is 10.8. The summed E-state index contributed by atoms with van der Waals surface area (Å²) in [5.74, 6) is 0. The van der Waals surface area contributed by atoms with E-state index in [1.807, 2.05) is 0 Å². The normalized spacial score (nSPS) is 18.7. The third kappa shape index (κ3) is 9.08. The molecular weight excluding hydrogens is 244 g/mol. The van der Waals surface area contributed by atoms with E-state index in [0.29, 0.717) is 13.1 Å². The predicted octanol–water partition coefficient (Wildman–Crippen LogP) is 0.583. The van der Waals surface area contributed by atoms with Gasteiger partial charge in [-0.1, -0.05) is 12.8 Å². The highest BCUT2D eigenvalue weighted by atomic mass is 31.2. The molecule has 0 aliphatic carbocycles. The summed E-state index contributed by atoms with van der Waals surface area (Å²) in [7, 11) is -6.81. The summed E-state index contributed by atoms with van der Waals surface area (Å²) in [4.78, 5) is 31.8. The van der Waals surface area contributed by atoms with E-state index in [1.165, 1.54) is 4.67 Å². The minimum absolute atomic E-state index is 0.546. The van der Waals surface area contributed by atoms with Crippen LogP contribution in [0.4, 0.5) is 0 Å². The smallest absolute Gasteiger partial charge is 0.312 e. The first kappa shape index (κ1) is 15.1. The van der Waals surface area contributed by atoms with Gasteiger partial charge in [-0.05, 0) is 12.8 Å². The lowest BCUT2D eigenvalue weighted by atomic mass is 10.2. The average Bonchev–Trinajstić information content (AvgIpc) is 2.27. The van der Waals surface area contributed by atoms with Crippen molar-refractivity contribution in [2.45, 2.75) is 25.7 Å².